The molecule has 1 unspecified atom stereocenters. The summed E-state index contributed by atoms with van der Waals surface area (Å²) >= 11 is 0. The molecule has 1 saturated heterocycles. The highest BCUT2D eigenvalue weighted by atomic mass is 16.4. The number of nitrogens with zero attached hydrogens (tertiary/aromatic N) is 1. The van der Waals surface area contributed by atoms with Gasteiger partial charge in [-0.1, -0.05) is 6.92 Å². The molecule has 1 fully saturated rings. The van der Waals surface area contributed by atoms with Gasteiger partial charge < -0.3 is 10.0 Å². The Morgan fingerprint density at radius 3 is 2.93 bits per heavy atom. The minimum Gasteiger partial charge on any atom is -0.481 e. The first-order valence-electron chi connectivity index (χ1n) is 5.54. The van der Waals surface area contributed by atoms with Crippen molar-refractivity contribution in [3.8, 4) is 12.3 Å². The van der Waals surface area contributed by atoms with E-state index in [0.717, 1.165) is 25.9 Å². The Bertz CT molecular complexity index is 269. The maximum absolute atomic E-state index is 11.3. The first-order chi connectivity index (χ1) is 7.14. The van der Waals surface area contributed by atoms with Gasteiger partial charge >= 0.3 is 5.97 Å². The first-order valence-corrected chi connectivity index (χ1v) is 5.54. The quantitative estimate of drug-likeness (QED) is 0.715. The molecule has 3 nitrogen and oxygen atoms in total. The summed E-state index contributed by atoms with van der Waals surface area (Å²) in [5, 5.41) is 9.26. The van der Waals surface area contributed by atoms with Gasteiger partial charge in [-0.3, -0.25) is 4.79 Å². The molecular weight excluding hydrogens is 190 g/mol. The maximum Gasteiger partial charge on any atom is 0.310 e. The van der Waals surface area contributed by atoms with E-state index in [1.807, 2.05) is 6.92 Å². The van der Waals surface area contributed by atoms with Crippen LogP contribution in [0.25, 0.3) is 0 Å². The second-order valence-electron chi connectivity index (χ2n) is 4.27. The van der Waals surface area contributed by atoms with Crippen molar-refractivity contribution in [2.45, 2.75) is 32.6 Å². The van der Waals surface area contributed by atoms with E-state index in [9.17, 15) is 9.90 Å². The van der Waals surface area contributed by atoms with Gasteiger partial charge in [-0.2, -0.15) is 0 Å². The Morgan fingerprint density at radius 2 is 2.40 bits per heavy atom. The summed E-state index contributed by atoms with van der Waals surface area (Å²) in [6.07, 6.45) is 8.38. The Morgan fingerprint density at radius 1 is 1.67 bits per heavy atom. The Balaban J connectivity index is 2.61. The number of carboxylic acids is 1. The molecule has 1 rings (SSSR count). The van der Waals surface area contributed by atoms with E-state index >= 15 is 0 Å². The monoisotopic (exact) mass is 209 g/mol. The molecule has 1 N–H and O–H groups in total. The highest BCUT2D eigenvalue weighted by molar-refractivity contribution is 5.75. The van der Waals surface area contributed by atoms with Crippen molar-refractivity contribution in [1.82, 2.24) is 4.90 Å². The van der Waals surface area contributed by atoms with Gasteiger partial charge in [0.05, 0.1) is 5.41 Å². The van der Waals surface area contributed by atoms with E-state index in [4.69, 9.17) is 6.42 Å². The Kier molecular flexibility index (Phi) is 4.16. The lowest BCUT2D eigenvalue weighted by atomic mass is 9.77. The lowest BCUT2D eigenvalue weighted by Crippen LogP contribution is -2.47. The third-order valence-electron chi connectivity index (χ3n) is 3.36. The molecule has 0 radical (unpaired) electrons. The summed E-state index contributed by atoms with van der Waals surface area (Å²) < 4.78 is 0. The summed E-state index contributed by atoms with van der Waals surface area (Å²) in [4.78, 5) is 13.4. The number of carbonyl (C=O) groups is 1. The van der Waals surface area contributed by atoms with Gasteiger partial charge in [0.1, 0.15) is 0 Å². The van der Waals surface area contributed by atoms with Crippen molar-refractivity contribution in [1.29, 1.82) is 0 Å². The molecule has 0 aromatic carbocycles. The highest BCUT2D eigenvalue weighted by Crippen LogP contribution is 2.33. The second-order valence-corrected chi connectivity index (χ2v) is 4.27. The van der Waals surface area contributed by atoms with E-state index in [-0.39, 0.29) is 0 Å². The molecule has 0 aromatic rings. The average Bonchev–Trinajstić information content (AvgIpc) is 2.26. The molecule has 1 atom stereocenters. The molecule has 0 aromatic heterocycles. The lowest BCUT2D eigenvalue weighted by molar-refractivity contribution is -0.152. The van der Waals surface area contributed by atoms with Crippen LogP contribution in [0.15, 0.2) is 0 Å². The van der Waals surface area contributed by atoms with Crippen LogP contribution in [0.2, 0.25) is 0 Å². The zero-order valence-corrected chi connectivity index (χ0v) is 9.33. The number of carboxylic acid groups (broad SMARTS) is 1. The average molecular weight is 209 g/mol. The van der Waals surface area contributed by atoms with Crippen LogP contribution in [0.4, 0.5) is 0 Å². The van der Waals surface area contributed by atoms with Crippen LogP contribution in [0.5, 0.6) is 0 Å². The van der Waals surface area contributed by atoms with E-state index in [1.165, 1.54) is 0 Å². The fourth-order valence-corrected chi connectivity index (χ4v) is 2.26. The molecule has 0 aliphatic carbocycles. The van der Waals surface area contributed by atoms with Crippen molar-refractivity contribution in [2.24, 2.45) is 5.41 Å². The zero-order chi connectivity index (χ0) is 11.3. The van der Waals surface area contributed by atoms with Gasteiger partial charge in [0, 0.05) is 19.5 Å². The van der Waals surface area contributed by atoms with Crippen LogP contribution in [0.1, 0.15) is 32.6 Å². The van der Waals surface area contributed by atoms with Crippen molar-refractivity contribution < 1.29 is 9.90 Å². The van der Waals surface area contributed by atoms with Crippen LogP contribution in [-0.2, 0) is 4.79 Å². The number of hydrogen-bond donors (Lipinski definition) is 1. The number of hydrogen-bond acceptors (Lipinski definition) is 2. The summed E-state index contributed by atoms with van der Waals surface area (Å²) in [7, 11) is 0. The predicted molar refractivity (Wildman–Crippen MR) is 59.5 cm³/mol. The predicted octanol–water partition coefficient (Wildman–Crippen LogP) is 1.59. The van der Waals surface area contributed by atoms with Gasteiger partial charge in [-0.05, 0) is 25.8 Å². The molecule has 3 heteroatoms. The van der Waals surface area contributed by atoms with Gasteiger partial charge in [0.25, 0.3) is 0 Å². The molecule has 84 valence electrons. The number of aliphatic carboxylic acids is 1. The van der Waals surface area contributed by atoms with Crippen molar-refractivity contribution in [3.05, 3.63) is 0 Å². The molecular formula is C12H19NO2. The molecule has 1 aliphatic heterocycles. The Labute approximate surface area is 91.5 Å². The topological polar surface area (TPSA) is 40.5 Å². The summed E-state index contributed by atoms with van der Waals surface area (Å²) in [6, 6.07) is 0. The van der Waals surface area contributed by atoms with Gasteiger partial charge in [-0.15, -0.1) is 12.3 Å². The smallest absolute Gasteiger partial charge is 0.310 e. The fourth-order valence-electron chi connectivity index (χ4n) is 2.26. The van der Waals surface area contributed by atoms with Crippen molar-refractivity contribution >= 4 is 5.97 Å². The van der Waals surface area contributed by atoms with Gasteiger partial charge in [-0.25, -0.2) is 0 Å². The summed E-state index contributed by atoms with van der Waals surface area (Å²) in [6.45, 7) is 4.42. The van der Waals surface area contributed by atoms with Crippen LogP contribution < -0.4 is 0 Å². The summed E-state index contributed by atoms with van der Waals surface area (Å²) in [5.74, 6) is 1.94. The van der Waals surface area contributed by atoms with Crippen molar-refractivity contribution in [2.75, 3.05) is 19.6 Å². The standard InChI is InChI=1S/C12H19NO2/c1-3-5-8-13-9-6-7-12(4-2,10-13)11(14)15/h1H,4-10H2,2H3,(H,14,15). The molecule has 0 amide bonds. The molecule has 1 aliphatic rings. The number of rotatable bonds is 4. The van der Waals surface area contributed by atoms with Crippen molar-refractivity contribution in [3.63, 3.8) is 0 Å². The Hall–Kier alpha value is -1.01. The van der Waals surface area contributed by atoms with E-state index in [0.29, 0.717) is 19.4 Å². The highest BCUT2D eigenvalue weighted by Gasteiger charge is 2.40. The second kappa shape index (κ2) is 5.18. The van der Waals surface area contributed by atoms with Gasteiger partial charge in [0.15, 0.2) is 0 Å². The van der Waals surface area contributed by atoms with Crippen LogP contribution in [-0.4, -0.2) is 35.6 Å². The zero-order valence-electron chi connectivity index (χ0n) is 9.33. The minimum absolute atomic E-state index is 0.535. The largest absolute Gasteiger partial charge is 0.481 e. The molecule has 0 spiro atoms. The van der Waals surface area contributed by atoms with Crippen LogP contribution in [0, 0.1) is 17.8 Å². The third kappa shape index (κ3) is 2.73. The van der Waals surface area contributed by atoms with Gasteiger partial charge in [0.2, 0.25) is 0 Å². The van der Waals surface area contributed by atoms with E-state index in [2.05, 4.69) is 10.8 Å². The van der Waals surface area contributed by atoms with Crippen LogP contribution >= 0.6 is 0 Å². The number of piperidine rings is 1. The molecule has 1 heterocycles. The van der Waals surface area contributed by atoms with E-state index in [1.54, 1.807) is 0 Å². The number of likely N-dealkylation sites (tertiary alicyclic amines) is 1. The SMILES string of the molecule is C#CCCN1CCCC(CC)(C(=O)O)C1. The number of terminal acetylenes is 1. The summed E-state index contributed by atoms with van der Waals surface area (Å²) in [5.41, 5.74) is -0.535. The fraction of sp³-hybridized carbons (Fsp3) is 0.750. The molecule has 15 heavy (non-hydrogen) atoms. The molecule has 0 saturated carbocycles. The lowest BCUT2D eigenvalue weighted by Gasteiger charge is -2.39. The third-order valence-corrected chi connectivity index (χ3v) is 3.36. The van der Waals surface area contributed by atoms with Crippen LogP contribution in [0.3, 0.4) is 0 Å². The minimum atomic E-state index is -0.657. The first kappa shape index (κ1) is 12.1. The normalized spacial score (nSPS) is 27.2. The maximum atomic E-state index is 11.3. The van der Waals surface area contributed by atoms with E-state index < -0.39 is 11.4 Å². The molecule has 0 bridgehead atoms.